The van der Waals surface area contributed by atoms with Crippen LogP contribution in [-0.2, 0) is 4.74 Å². The zero-order valence-corrected chi connectivity index (χ0v) is 17.5. The number of Topliss-reactive ketones (excluding diaryl/α,β-unsaturated/α-hetero) is 1. The van der Waals surface area contributed by atoms with Gasteiger partial charge in [-0.3, -0.25) is 14.5 Å². The molecule has 2 aromatic carbocycles. The van der Waals surface area contributed by atoms with Crippen LogP contribution in [0.5, 0.6) is 11.5 Å². The summed E-state index contributed by atoms with van der Waals surface area (Å²) in [7, 11) is 3.12. The maximum atomic E-state index is 12.9. The van der Waals surface area contributed by atoms with E-state index >= 15 is 0 Å². The van der Waals surface area contributed by atoms with Gasteiger partial charge < -0.3 is 19.5 Å². The Kier molecular flexibility index (Phi) is 7.82. The number of rotatable bonds is 9. The number of amides is 1. The third kappa shape index (κ3) is 5.81. The Labute approximate surface area is 176 Å². The number of hydrogen-bond acceptors (Lipinski definition) is 6. The summed E-state index contributed by atoms with van der Waals surface area (Å²) in [5, 5.41) is 2.85. The molecule has 1 fully saturated rings. The van der Waals surface area contributed by atoms with Gasteiger partial charge in [-0.1, -0.05) is 0 Å². The van der Waals surface area contributed by atoms with E-state index in [9.17, 15) is 9.59 Å². The highest BCUT2D eigenvalue weighted by molar-refractivity contribution is 6.09. The number of nitrogens with one attached hydrogen (secondary N) is 1. The molecule has 7 nitrogen and oxygen atoms in total. The van der Waals surface area contributed by atoms with Crippen LogP contribution in [0.1, 0.15) is 33.6 Å². The minimum absolute atomic E-state index is 0.00376. The molecule has 0 atom stereocenters. The van der Waals surface area contributed by atoms with Gasteiger partial charge in [0, 0.05) is 36.7 Å². The summed E-state index contributed by atoms with van der Waals surface area (Å²) in [6.07, 6.45) is 1.17. The quantitative estimate of drug-likeness (QED) is 0.637. The number of ether oxygens (including phenoxy) is 3. The third-order valence-corrected chi connectivity index (χ3v) is 5.11. The third-order valence-electron chi connectivity index (χ3n) is 5.11. The Morgan fingerprint density at radius 1 is 1.00 bits per heavy atom. The first kappa shape index (κ1) is 21.8. The molecule has 1 aliphatic rings. The topological polar surface area (TPSA) is 77.1 Å². The molecule has 0 bridgehead atoms. The SMILES string of the molecule is COc1ccc(C(=O)Nc2cc(OC)ccc2C(=O)CCCN2CCOCC2)cc1. The molecule has 0 saturated carbocycles. The molecule has 7 heteroatoms. The summed E-state index contributed by atoms with van der Waals surface area (Å²) < 4.78 is 15.7. The van der Waals surface area contributed by atoms with Gasteiger partial charge in [-0.15, -0.1) is 0 Å². The van der Waals surface area contributed by atoms with Gasteiger partial charge >= 0.3 is 0 Å². The number of ketones is 1. The van der Waals surface area contributed by atoms with Crippen molar-refractivity contribution in [3.63, 3.8) is 0 Å². The van der Waals surface area contributed by atoms with Gasteiger partial charge in [0.25, 0.3) is 5.91 Å². The van der Waals surface area contributed by atoms with E-state index in [1.54, 1.807) is 56.7 Å². The zero-order valence-electron chi connectivity index (χ0n) is 17.5. The number of morpholine rings is 1. The van der Waals surface area contributed by atoms with Crippen LogP contribution in [0.2, 0.25) is 0 Å². The van der Waals surface area contributed by atoms with Crippen molar-refractivity contribution in [2.45, 2.75) is 12.8 Å². The summed E-state index contributed by atoms with van der Waals surface area (Å²) in [6, 6.07) is 11.9. The fourth-order valence-electron chi connectivity index (χ4n) is 3.36. The number of carbonyl (C=O) groups excluding carboxylic acids is 2. The molecule has 1 heterocycles. The van der Waals surface area contributed by atoms with E-state index in [4.69, 9.17) is 14.2 Å². The Hall–Kier alpha value is -2.90. The average Bonchev–Trinajstić information content (AvgIpc) is 2.79. The second-order valence-corrected chi connectivity index (χ2v) is 7.07. The highest BCUT2D eigenvalue weighted by atomic mass is 16.5. The van der Waals surface area contributed by atoms with Crippen LogP contribution < -0.4 is 14.8 Å². The van der Waals surface area contributed by atoms with Crippen LogP contribution in [0.25, 0.3) is 0 Å². The Morgan fingerprint density at radius 3 is 2.33 bits per heavy atom. The Balaban J connectivity index is 1.67. The van der Waals surface area contributed by atoms with Crippen molar-refractivity contribution < 1.29 is 23.8 Å². The van der Waals surface area contributed by atoms with Gasteiger partial charge in [0.05, 0.1) is 33.1 Å². The van der Waals surface area contributed by atoms with Crippen LogP contribution >= 0.6 is 0 Å². The number of carbonyl (C=O) groups is 2. The van der Waals surface area contributed by atoms with Crippen LogP contribution in [-0.4, -0.2) is 63.7 Å². The Bertz CT molecular complexity index is 860. The normalized spacial score (nSPS) is 14.2. The van der Waals surface area contributed by atoms with Gasteiger partial charge in [-0.25, -0.2) is 0 Å². The zero-order chi connectivity index (χ0) is 21.3. The Morgan fingerprint density at radius 2 is 1.67 bits per heavy atom. The molecule has 160 valence electrons. The molecule has 1 saturated heterocycles. The summed E-state index contributed by atoms with van der Waals surface area (Å²) >= 11 is 0. The minimum Gasteiger partial charge on any atom is -0.497 e. The molecule has 0 spiro atoms. The maximum Gasteiger partial charge on any atom is 0.255 e. The van der Waals surface area contributed by atoms with E-state index < -0.39 is 0 Å². The molecular weight excluding hydrogens is 384 g/mol. The first-order valence-electron chi connectivity index (χ1n) is 10.1. The van der Waals surface area contributed by atoms with Gasteiger partial charge in [0.15, 0.2) is 5.78 Å². The van der Waals surface area contributed by atoms with Crippen molar-refractivity contribution in [1.29, 1.82) is 0 Å². The lowest BCUT2D eigenvalue weighted by molar-refractivity contribution is 0.0371. The summed E-state index contributed by atoms with van der Waals surface area (Å²) in [5.41, 5.74) is 1.41. The molecule has 1 amide bonds. The van der Waals surface area contributed by atoms with Crippen molar-refractivity contribution in [2.75, 3.05) is 52.4 Å². The highest BCUT2D eigenvalue weighted by Gasteiger charge is 2.17. The van der Waals surface area contributed by atoms with Crippen molar-refractivity contribution >= 4 is 17.4 Å². The summed E-state index contributed by atoms with van der Waals surface area (Å²) in [6.45, 7) is 4.15. The monoisotopic (exact) mass is 412 g/mol. The molecule has 0 radical (unpaired) electrons. The van der Waals surface area contributed by atoms with Crippen molar-refractivity contribution in [3.8, 4) is 11.5 Å². The van der Waals surface area contributed by atoms with Crippen molar-refractivity contribution in [1.82, 2.24) is 4.90 Å². The smallest absolute Gasteiger partial charge is 0.255 e. The number of methoxy groups -OCH3 is 2. The predicted octanol–water partition coefficient (Wildman–Crippen LogP) is 3.25. The number of hydrogen-bond donors (Lipinski definition) is 1. The van der Waals surface area contributed by atoms with Gasteiger partial charge in [0.1, 0.15) is 11.5 Å². The van der Waals surface area contributed by atoms with Gasteiger partial charge in [-0.05, 0) is 49.4 Å². The molecule has 0 unspecified atom stereocenters. The number of anilines is 1. The van der Waals surface area contributed by atoms with Crippen LogP contribution in [0.3, 0.4) is 0 Å². The second kappa shape index (κ2) is 10.8. The molecule has 3 rings (SSSR count). The lowest BCUT2D eigenvalue weighted by atomic mass is 10.0. The molecule has 1 aliphatic heterocycles. The van der Waals surface area contributed by atoms with Crippen LogP contribution in [0.4, 0.5) is 5.69 Å². The van der Waals surface area contributed by atoms with Gasteiger partial charge in [0.2, 0.25) is 0 Å². The van der Waals surface area contributed by atoms with E-state index in [0.29, 0.717) is 34.7 Å². The minimum atomic E-state index is -0.298. The van der Waals surface area contributed by atoms with E-state index in [1.807, 2.05) is 0 Å². The summed E-state index contributed by atoms with van der Waals surface area (Å²) in [5.74, 6) is 0.943. The first-order valence-corrected chi connectivity index (χ1v) is 10.1. The predicted molar refractivity (Wildman–Crippen MR) is 115 cm³/mol. The van der Waals surface area contributed by atoms with Crippen LogP contribution in [0, 0.1) is 0 Å². The van der Waals surface area contributed by atoms with E-state index in [2.05, 4.69) is 10.2 Å². The second-order valence-electron chi connectivity index (χ2n) is 7.07. The fraction of sp³-hybridized carbons (Fsp3) is 0.391. The van der Waals surface area contributed by atoms with E-state index in [-0.39, 0.29) is 11.7 Å². The number of nitrogens with zero attached hydrogens (tertiary/aromatic N) is 1. The standard InChI is InChI=1S/C23H28N2O5/c1-28-18-7-5-17(6-8-18)23(27)24-21-16-19(29-2)9-10-20(21)22(26)4-3-11-25-12-14-30-15-13-25/h5-10,16H,3-4,11-15H2,1-2H3,(H,24,27). The maximum absolute atomic E-state index is 12.9. The van der Waals surface area contributed by atoms with Crippen LogP contribution in [0.15, 0.2) is 42.5 Å². The number of benzene rings is 2. The molecule has 30 heavy (non-hydrogen) atoms. The lowest BCUT2D eigenvalue weighted by Crippen LogP contribution is -2.36. The molecule has 0 aliphatic carbocycles. The molecule has 0 aromatic heterocycles. The highest BCUT2D eigenvalue weighted by Crippen LogP contribution is 2.25. The first-order chi connectivity index (χ1) is 14.6. The lowest BCUT2D eigenvalue weighted by Gasteiger charge is -2.26. The largest absolute Gasteiger partial charge is 0.497 e. The fourth-order valence-corrected chi connectivity index (χ4v) is 3.36. The molecule has 1 N–H and O–H groups in total. The molecular formula is C23H28N2O5. The molecule has 2 aromatic rings. The van der Waals surface area contributed by atoms with Crippen molar-refractivity contribution in [3.05, 3.63) is 53.6 Å². The van der Waals surface area contributed by atoms with E-state index in [0.717, 1.165) is 39.3 Å². The van der Waals surface area contributed by atoms with Gasteiger partial charge in [-0.2, -0.15) is 0 Å². The average molecular weight is 412 g/mol. The summed E-state index contributed by atoms with van der Waals surface area (Å²) in [4.78, 5) is 27.8. The van der Waals surface area contributed by atoms with E-state index in [1.165, 1.54) is 0 Å². The van der Waals surface area contributed by atoms with Crippen molar-refractivity contribution in [2.24, 2.45) is 0 Å².